The van der Waals surface area contributed by atoms with E-state index in [9.17, 15) is 5.11 Å². The fraction of sp³-hybridized carbons (Fsp3) is 0.727. The molecule has 19 heavy (non-hydrogen) atoms. The third kappa shape index (κ3) is 3.65. The molecule has 1 aromatic heterocycles. The topological polar surface area (TPSA) is 109 Å². The number of nitrogens with two attached hydrogens (primary N) is 1. The lowest BCUT2D eigenvalue weighted by molar-refractivity contribution is 0.145. The number of nitrogens with one attached hydrogen (secondary N) is 1. The minimum absolute atomic E-state index is 0.0240. The predicted molar refractivity (Wildman–Crippen MR) is 70.9 cm³/mol. The number of nitrogens with zero attached hydrogens (tertiary/aromatic N) is 4. The van der Waals surface area contributed by atoms with Crippen molar-refractivity contribution in [2.75, 3.05) is 23.4 Å². The highest BCUT2D eigenvalue weighted by atomic mass is 16.5. The van der Waals surface area contributed by atoms with Crippen LogP contribution in [0.15, 0.2) is 0 Å². The molecule has 1 aromatic rings. The van der Waals surface area contributed by atoms with E-state index < -0.39 is 0 Å². The normalized spacial score (nSPS) is 16.8. The standard InChI is InChI=1S/C11H20N6O2/c1-7(2)19-11-14-9(16-12)13-10(15-11)17-5-3-8(18)4-6-17/h7-8,18H,3-6,12H2,1-2H3,(H,13,14,15,16). The number of anilines is 2. The Morgan fingerprint density at radius 2 is 2.00 bits per heavy atom. The van der Waals surface area contributed by atoms with Gasteiger partial charge in [-0.1, -0.05) is 0 Å². The zero-order valence-electron chi connectivity index (χ0n) is 11.2. The predicted octanol–water partition coefficient (Wildman–Crippen LogP) is -0.0945. The van der Waals surface area contributed by atoms with E-state index in [-0.39, 0.29) is 24.2 Å². The minimum Gasteiger partial charge on any atom is -0.461 e. The van der Waals surface area contributed by atoms with Crippen molar-refractivity contribution in [1.29, 1.82) is 0 Å². The first-order valence-electron chi connectivity index (χ1n) is 6.41. The number of hydrogen-bond acceptors (Lipinski definition) is 8. The van der Waals surface area contributed by atoms with E-state index in [1.54, 1.807) is 0 Å². The Kier molecular flexibility index (Phi) is 4.33. The molecule has 0 bridgehead atoms. The van der Waals surface area contributed by atoms with Crippen LogP contribution in [0.5, 0.6) is 6.01 Å². The Balaban J connectivity index is 2.18. The molecular formula is C11H20N6O2. The number of aliphatic hydroxyl groups excluding tert-OH is 1. The molecule has 0 aromatic carbocycles. The summed E-state index contributed by atoms with van der Waals surface area (Å²) in [6.07, 6.45) is 1.15. The van der Waals surface area contributed by atoms with Gasteiger partial charge in [0.25, 0.3) is 0 Å². The molecule has 1 aliphatic rings. The van der Waals surface area contributed by atoms with Crippen LogP contribution in [0.1, 0.15) is 26.7 Å². The van der Waals surface area contributed by atoms with Crippen molar-refractivity contribution in [3.05, 3.63) is 0 Å². The summed E-state index contributed by atoms with van der Waals surface area (Å²) in [4.78, 5) is 14.5. The Labute approximate surface area is 112 Å². The number of aromatic nitrogens is 3. The van der Waals surface area contributed by atoms with Gasteiger partial charge in [0.2, 0.25) is 11.9 Å². The molecule has 0 amide bonds. The number of aliphatic hydroxyl groups is 1. The molecule has 0 saturated carbocycles. The van der Waals surface area contributed by atoms with Crippen LogP contribution in [0.4, 0.5) is 11.9 Å². The van der Waals surface area contributed by atoms with Gasteiger partial charge in [-0.05, 0) is 26.7 Å². The molecular weight excluding hydrogens is 248 g/mol. The Morgan fingerprint density at radius 1 is 1.32 bits per heavy atom. The van der Waals surface area contributed by atoms with E-state index in [1.807, 2.05) is 18.7 Å². The molecule has 1 aliphatic heterocycles. The van der Waals surface area contributed by atoms with Crippen molar-refractivity contribution in [2.24, 2.45) is 5.84 Å². The zero-order valence-corrected chi connectivity index (χ0v) is 11.2. The molecule has 8 nitrogen and oxygen atoms in total. The van der Waals surface area contributed by atoms with E-state index in [0.717, 1.165) is 0 Å². The zero-order chi connectivity index (χ0) is 13.8. The SMILES string of the molecule is CC(C)Oc1nc(NN)nc(N2CCC(O)CC2)n1. The maximum atomic E-state index is 9.51. The smallest absolute Gasteiger partial charge is 0.323 e. The van der Waals surface area contributed by atoms with Crippen LogP contribution >= 0.6 is 0 Å². The van der Waals surface area contributed by atoms with Gasteiger partial charge in [0.05, 0.1) is 12.2 Å². The van der Waals surface area contributed by atoms with Crippen LogP contribution in [0.3, 0.4) is 0 Å². The highest BCUT2D eigenvalue weighted by Crippen LogP contribution is 2.19. The first-order valence-corrected chi connectivity index (χ1v) is 6.41. The molecule has 106 valence electrons. The molecule has 4 N–H and O–H groups in total. The van der Waals surface area contributed by atoms with Crippen LogP contribution in [0.2, 0.25) is 0 Å². The molecule has 2 rings (SSSR count). The van der Waals surface area contributed by atoms with Gasteiger partial charge >= 0.3 is 6.01 Å². The van der Waals surface area contributed by atoms with Gasteiger partial charge in [-0.3, -0.25) is 5.43 Å². The molecule has 1 fully saturated rings. The Morgan fingerprint density at radius 3 is 2.58 bits per heavy atom. The average molecular weight is 268 g/mol. The summed E-state index contributed by atoms with van der Waals surface area (Å²) in [5.74, 6) is 6.14. The van der Waals surface area contributed by atoms with Crippen molar-refractivity contribution in [3.63, 3.8) is 0 Å². The van der Waals surface area contributed by atoms with Gasteiger partial charge in [-0.2, -0.15) is 15.0 Å². The van der Waals surface area contributed by atoms with Gasteiger partial charge in [0.1, 0.15) is 0 Å². The molecule has 0 radical (unpaired) electrons. The third-order valence-electron chi connectivity index (χ3n) is 2.82. The van der Waals surface area contributed by atoms with Gasteiger partial charge < -0.3 is 14.7 Å². The van der Waals surface area contributed by atoms with Crippen molar-refractivity contribution >= 4 is 11.9 Å². The summed E-state index contributed by atoms with van der Waals surface area (Å²) in [5.41, 5.74) is 2.41. The van der Waals surface area contributed by atoms with Crippen LogP contribution < -0.4 is 20.9 Å². The van der Waals surface area contributed by atoms with E-state index in [1.165, 1.54) is 0 Å². The fourth-order valence-electron chi connectivity index (χ4n) is 1.88. The number of nitrogen functional groups attached to an aromatic ring is 1. The first-order chi connectivity index (χ1) is 9.08. The summed E-state index contributed by atoms with van der Waals surface area (Å²) >= 11 is 0. The van der Waals surface area contributed by atoms with Crippen LogP contribution in [-0.2, 0) is 0 Å². The van der Waals surface area contributed by atoms with Crippen molar-refractivity contribution < 1.29 is 9.84 Å². The molecule has 0 unspecified atom stereocenters. The summed E-state index contributed by atoms with van der Waals surface area (Å²) in [6, 6.07) is 0.249. The number of rotatable bonds is 4. The quantitative estimate of drug-likeness (QED) is 0.513. The molecule has 1 saturated heterocycles. The van der Waals surface area contributed by atoms with Crippen molar-refractivity contribution in [2.45, 2.75) is 38.9 Å². The average Bonchev–Trinajstić information content (AvgIpc) is 2.38. The van der Waals surface area contributed by atoms with E-state index >= 15 is 0 Å². The summed E-state index contributed by atoms with van der Waals surface area (Å²) < 4.78 is 5.48. The first kappa shape index (κ1) is 13.8. The van der Waals surface area contributed by atoms with Crippen LogP contribution in [0, 0.1) is 0 Å². The maximum absolute atomic E-state index is 9.51. The Bertz CT molecular complexity index is 420. The molecule has 2 heterocycles. The third-order valence-corrected chi connectivity index (χ3v) is 2.82. The van der Waals surface area contributed by atoms with Crippen molar-refractivity contribution in [1.82, 2.24) is 15.0 Å². The minimum atomic E-state index is -0.239. The highest BCUT2D eigenvalue weighted by molar-refractivity contribution is 5.38. The van der Waals surface area contributed by atoms with Gasteiger partial charge in [-0.25, -0.2) is 5.84 Å². The highest BCUT2D eigenvalue weighted by Gasteiger charge is 2.21. The second-order valence-electron chi connectivity index (χ2n) is 4.77. The van der Waals surface area contributed by atoms with Crippen LogP contribution in [0.25, 0.3) is 0 Å². The molecule has 0 aliphatic carbocycles. The summed E-state index contributed by atoms with van der Waals surface area (Å²) in [6.45, 7) is 5.21. The second kappa shape index (κ2) is 5.98. The van der Waals surface area contributed by atoms with E-state index in [4.69, 9.17) is 10.6 Å². The molecule has 0 spiro atoms. The molecule has 8 heteroatoms. The second-order valence-corrected chi connectivity index (χ2v) is 4.77. The number of ether oxygens (including phenoxy) is 1. The lowest BCUT2D eigenvalue weighted by Gasteiger charge is -2.29. The summed E-state index contributed by atoms with van der Waals surface area (Å²) in [7, 11) is 0. The van der Waals surface area contributed by atoms with Crippen molar-refractivity contribution in [3.8, 4) is 6.01 Å². The van der Waals surface area contributed by atoms with E-state index in [0.29, 0.717) is 31.9 Å². The van der Waals surface area contributed by atoms with Gasteiger partial charge in [0, 0.05) is 13.1 Å². The number of piperidine rings is 1. The summed E-state index contributed by atoms with van der Waals surface area (Å²) in [5, 5.41) is 9.51. The fourth-order valence-corrected chi connectivity index (χ4v) is 1.88. The van der Waals surface area contributed by atoms with Crippen LogP contribution in [-0.4, -0.2) is 45.4 Å². The van der Waals surface area contributed by atoms with Gasteiger partial charge in [0.15, 0.2) is 0 Å². The lowest BCUT2D eigenvalue weighted by atomic mass is 10.1. The number of hydrazine groups is 1. The molecule has 0 atom stereocenters. The van der Waals surface area contributed by atoms with E-state index in [2.05, 4.69) is 20.4 Å². The lowest BCUT2D eigenvalue weighted by Crippen LogP contribution is -2.37. The Hall–Kier alpha value is -1.67. The van der Waals surface area contributed by atoms with Gasteiger partial charge in [-0.15, -0.1) is 0 Å². The number of hydrogen-bond donors (Lipinski definition) is 3. The monoisotopic (exact) mass is 268 g/mol. The largest absolute Gasteiger partial charge is 0.461 e. The maximum Gasteiger partial charge on any atom is 0.323 e.